The quantitative estimate of drug-likeness (QED) is 0.575. The molecular formula is C19H17Cl2FN4O3. The number of carboxylic acids is 1. The second-order valence-electron chi connectivity index (χ2n) is 5.99. The minimum absolute atomic E-state index is 0. The van der Waals surface area contributed by atoms with E-state index in [0.717, 1.165) is 11.6 Å². The number of nitrogens with two attached hydrogens (primary N) is 1. The summed E-state index contributed by atoms with van der Waals surface area (Å²) in [6.07, 6.45) is 2.98. The third kappa shape index (κ3) is 6.35. The molecule has 0 fully saturated rings. The number of nitrogens with zero attached hydrogens (tertiary/aromatic N) is 3. The van der Waals surface area contributed by atoms with Crippen LogP contribution in [0.5, 0.6) is 11.6 Å². The van der Waals surface area contributed by atoms with Crippen LogP contribution in [0, 0.1) is 5.82 Å². The standard InChI is InChI=1S/C19H16ClFN4O3.ClH/c20-12-7-15(21)19(24-10-12)28-14-3-1-11(2-4-14)16-5-6-23-17(25-16)8-13(22)9-18(26)27;/h1-7,10,13H,8-9,22H2,(H,26,27);1H. The van der Waals surface area contributed by atoms with Gasteiger partial charge >= 0.3 is 5.97 Å². The van der Waals surface area contributed by atoms with Crippen molar-refractivity contribution in [3.8, 4) is 22.9 Å². The molecule has 0 aliphatic rings. The molecule has 1 aromatic carbocycles. The average Bonchev–Trinajstić information content (AvgIpc) is 2.64. The van der Waals surface area contributed by atoms with E-state index in [2.05, 4.69) is 15.0 Å². The predicted molar refractivity (Wildman–Crippen MR) is 108 cm³/mol. The van der Waals surface area contributed by atoms with Crippen LogP contribution in [0.25, 0.3) is 11.3 Å². The maximum Gasteiger partial charge on any atom is 0.304 e. The molecule has 0 aliphatic carbocycles. The fourth-order valence-corrected chi connectivity index (χ4v) is 2.62. The maximum atomic E-state index is 13.8. The van der Waals surface area contributed by atoms with E-state index in [1.165, 1.54) is 6.20 Å². The van der Waals surface area contributed by atoms with Gasteiger partial charge in [0.15, 0.2) is 5.82 Å². The van der Waals surface area contributed by atoms with E-state index >= 15 is 0 Å². The van der Waals surface area contributed by atoms with Gasteiger partial charge in [0, 0.05) is 30.4 Å². The number of ether oxygens (including phenoxy) is 1. The minimum Gasteiger partial charge on any atom is -0.481 e. The van der Waals surface area contributed by atoms with Gasteiger partial charge in [0.25, 0.3) is 5.88 Å². The van der Waals surface area contributed by atoms with E-state index in [9.17, 15) is 9.18 Å². The summed E-state index contributed by atoms with van der Waals surface area (Å²) in [6, 6.07) is 9.11. The van der Waals surface area contributed by atoms with Gasteiger partial charge in [-0.15, -0.1) is 12.4 Å². The number of hydrogen-bond donors (Lipinski definition) is 2. The molecule has 0 amide bonds. The molecule has 1 unspecified atom stereocenters. The second-order valence-corrected chi connectivity index (χ2v) is 6.42. The Hall–Kier alpha value is -2.81. The van der Waals surface area contributed by atoms with Gasteiger partial charge in [0.1, 0.15) is 11.6 Å². The zero-order valence-corrected chi connectivity index (χ0v) is 16.5. The smallest absolute Gasteiger partial charge is 0.304 e. The lowest BCUT2D eigenvalue weighted by Crippen LogP contribution is -2.27. The molecule has 10 heteroatoms. The molecule has 0 saturated carbocycles. The first-order chi connectivity index (χ1) is 13.4. The Kier molecular flexibility index (Phi) is 7.83. The van der Waals surface area contributed by atoms with Crippen molar-refractivity contribution in [2.24, 2.45) is 5.73 Å². The van der Waals surface area contributed by atoms with Crippen molar-refractivity contribution in [3.63, 3.8) is 0 Å². The molecule has 152 valence electrons. The third-order valence-electron chi connectivity index (χ3n) is 3.73. The van der Waals surface area contributed by atoms with E-state index in [1.807, 2.05) is 0 Å². The van der Waals surface area contributed by atoms with Crippen molar-refractivity contribution in [2.45, 2.75) is 18.9 Å². The fourth-order valence-electron chi connectivity index (χ4n) is 2.47. The van der Waals surface area contributed by atoms with Crippen molar-refractivity contribution in [3.05, 3.63) is 65.5 Å². The topological polar surface area (TPSA) is 111 Å². The molecule has 2 aromatic heterocycles. The molecule has 3 rings (SSSR count). The first kappa shape index (κ1) is 22.5. The minimum atomic E-state index is -0.967. The van der Waals surface area contributed by atoms with Gasteiger partial charge in [-0.05, 0) is 36.4 Å². The van der Waals surface area contributed by atoms with E-state index < -0.39 is 17.8 Å². The number of benzene rings is 1. The predicted octanol–water partition coefficient (Wildman–Crippen LogP) is 3.89. The van der Waals surface area contributed by atoms with Crippen LogP contribution in [-0.2, 0) is 11.2 Å². The number of carbonyl (C=O) groups is 1. The van der Waals surface area contributed by atoms with Gasteiger partial charge in [-0.1, -0.05) is 11.6 Å². The Morgan fingerprint density at radius 3 is 2.62 bits per heavy atom. The van der Waals surface area contributed by atoms with Crippen molar-refractivity contribution >= 4 is 30.0 Å². The zero-order valence-electron chi connectivity index (χ0n) is 15.0. The number of carboxylic acid groups (broad SMARTS) is 1. The molecule has 0 spiro atoms. The van der Waals surface area contributed by atoms with Gasteiger partial charge < -0.3 is 15.6 Å². The summed E-state index contributed by atoms with van der Waals surface area (Å²) in [5.41, 5.74) is 7.22. The average molecular weight is 439 g/mol. The van der Waals surface area contributed by atoms with Crippen molar-refractivity contribution < 1.29 is 19.0 Å². The molecule has 2 heterocycles. The monoisotopic (exact) mass is 438 g/mol. The first-order valence-electron chi connectivity index (χ1n) is 8.29. The number of pyridine rings is 1. The Balaban J connectivity index is 0.00000300. The molecule has 0 aliphatic heterocycles. The summed E-state index contributed by atoms with van der Waals surface area (Å²) >= 11 is 5.67. The third-order valence-corrected chi connectivity index (χ3v) is 3.93. The van der Waals surface area contributed by atoms with E-state index in [4.69, 9.17) is 27.2 Å². The molecule has 7 nitrogen and oxygen atoms in total. The van der Waals surface area contributed by atoms with Gasteiger partial charge in [-0.2, -0.15) is 0 Å². The second kappa shape index (κ2) is 10.1. The van der Waals surface area contributed by atoms with Crippen LogP contribution in [0.4, 0.5) is 4.39 Å². The SMILES string of the molecule is Cl.NC(CC(=O)O)Cc1nccc(-c2ccc(Oc3ncc(Cl)cc3F)cc2)n1. The highest BCUT2D eigenvalue weighted by Crippen LogP contribution is 2.26. The van der Waals surface area contributed by atoms with Crippen LogP contribution in [0.3, 0.4) is 0 Å². The number of aliphatic carboxylic acids is 1. The lowest BCUT2D eigenvalue weighted by atomic mass is 10.1. The highest BCUT2D eigenvalue weighted by molar-refractivity contribution is 6.30. The summed E-state index contributed by atoms with van der Waals surface area (Å²) in [6.45, 7) is 0. The van der Waals surface area contributed by atoms with Crippen LogP contribution in [-0.4, -0.2) is 32.1 Å². The molecule has 0 bridgehead atoms. The van der Waals surface area contributed by atoms with E-state index in [1.54, 1.807) is 36.5 Å². The summed E-state index contributed by atoms with van der Waals surface area (Å²) in [7, 11) is 0. The Morgan fingerprint density at radius 2 is 1.97 bits per heavy atom. The molecule has 3 aromatic rings. The van der Waals surface area contributed by atoms with Crippen LogP contribution < -0.4 is 10.5 Å². The lowest BCUT2D eigenvalue weighted by Gasteiger charge is -2.09. The highest BCUT2D eigenvalue weighted by Gasteiger charge is 2.12. The van der Waals surface area contributed by atoms with E-state index in [-0.39, 0.29) is 36.2 Å². The molecule has 0 radical (unpaired) electrons. The number of hydrogen-bond acceptors (Lipinski definition) is 6. The van der Waals surface area contributed by atoms with Gasteiger partial charge in [-0.25, -0.2) is 19.3 Å². The van der Waals surface area contributed by atoms with Gasteiger partial charge in [0.2, 0.25) is 0 Å². The molecular weight excluding hydrogens is 422 g/mol. The number of halogens is 3. The van der Waals surface area contributed by atoms with Gasteiger partial charge in [0.05, 0.1) is 17.1 Å². The summed E-state index contributed by atoms with van der Waals surface area (Å²) in [4.78, 5) is 23.1. The van der Waals surface area contributed by atoms with Crippen LogP contribution in [0.15, 0.2) is 48.8 Å². The molecule has 3 N–H and O–H groups in total. The van der Waals surface area contributed by atoms with Gasteiger partial charge in [-0.3, -0.25) is 4.79 Å². The van der Waals surface area contributed by atoms with Crippen LogP contribution in [0.2, 0.25) is 5.02 Å². The van der Waals surface area contributed by atoms with E-state index in [0.29, 0.717) is 17.3 Å². The Morgan fingerprint density at radius 1 is 1.24 bits per heavy atom. The zero-order chi connectivity index (χ0) is 20.1. The lowest BCUT2D eigenvalue weighted by molar-refractivity contribution is -0.137. The first-order valence-corrected chi connectivity index (χ1v) is 8.67. The Bertz CT molecular complexity index is 989. The molecule has 29 heavy (non-hydrogen) atoms. The van der Waals surface area contributed by atoms with Crippen LogP contribution >= 0.6 is 24.0 Å². The number of rotatable bonds is 7. The van der Waals surface area contributed by atoms with Crippen molar-refractivity contribution in [2.75, 3.05) is 0 Å². The van der Waals surface area contributed by atoms with Crippen molar-refractivity contribution in [1.29, 1.82) is 0 Å². The number of aromatic nitrogens is 3. The summed E-state index contributed by atoms with van der Waals surface area (Å²) in [5.74, 6) is -0.941. The summed E-state index contributed by atoms with van der Waals surface area (Å²) < 4.78 is 19.2. The highest BCUT2D eigenvalue weighted by atomic mass is 35.5. The largest absolute Gasteiger partial charge is 0.481 e. The normalized spacial score (nSPS) is 11.4. The molecule has 0 saturated heterocycles. The van der Waals surface area contributed by atoms with Crippen LogP contribution in [0.1, 0.15) is 12.2 Å². The summed E-state index contributed by atoms with van der Waals surface area (Å²) in [5, 5.41) is 8.97. The van der Waals surface area contributed by atoms with Crippen molar-refractivity contribution in [1.82, 2.24) is 15.0 Å². The fraction of sp³-hybridized carbons (Fsp3) is 0.158. The Labute approximate surface area is 177 Å². The maximum absolute atomic E-state index is 13.8. The molecule has 1 atom stereocenters.